The SMILES string of the molecule is COc1cc(C2C3=CCC4C(=O)N(c5ccc(Br)cc5)C(=O)C4C3CC3(Cl)C(=O)N(CBr)C(=O)C23Cl)c(Br)c(Br)c1O. The van der Waals surface area contributed by atoms with Crippen LogP contribution in [0.3, 0.4) is 0 Å². The van der Waals surface area contributed by atoms with E-state index in [9.17, 15) is 24.3 Å². The van der Waals surface area contributed by atoms with E-state index in [1.807, 2.05) is 6.08 Å². The summed E-state index contributed by atoms with van der Waals surface area (Å²) < 4.78 is 6.82. The van der Waals surface area contributed by atoms with Gasteiger partial charge in [0.1, 0.15) is 0 Å². The Morgan fingerprint density at radius 2 is 1.67 bits per heavy atom. The molecule has 6 rings (SSSR count). The summed E-state index contributed by atoms with van der Waals surface area (Å²) in [5.41, 5.74) is 1.36. The van der Waals surface area contributed by atoms with Crippen LogP contribution >= 0.6 is 86.9 Å². The molecular weight excluding hydrogens is 851 g/mol. The summed E-state index contributed by atoms with van der Waals surface area (Å²) in [7, 11) is 1.38. The third-order valence-corrected chi connectivity index (χ3v) is 13.4. The van der Waals surface area contributed by atoms with Gasteiger partial charge in [-0.1, -0.05) is 43.5 Å². The van der Waals surface area contributed by atoms with Gasteiger partial charge in [-0.25, -0.2) is 0 Å². The van der Waals surface area contributed by atoms with Crippen LogP contribution in [0, 0.1) is 17.8 Å². The van der Waals surface area contributed by atoms with E-state index in [0.717, 1.165) is 9.37 Å². The maximum atomic E-state index is 14.1. The first-order chi connectivity index (χ1) is 19.8. The average Bonchev–Trinajstić information content (AvgIpc) is 3.30. The molecule has 2 heterocycles. The number of benzene rings is 2. The number of ether oxygens (including phenoxy) is 1. The number of hydrogen-bond acceptors (Lipinski definition) is 6. The number of hydrogen-bond donors (Lipinski definition) is 1. The van der Waals surface area contributed by atoms with Crippen molar-refractivity contribution in [1.82, 2.24) is 4.90 Å². The number of carbonyl (C=O) groups excluding carboxylic acids is 4. The van der Waals surface area contributed by atoms with Crippen LogP contribution in [-0.4, -0.2) is 55.9 Å². The zero-order valence-corrected chi connectivity index (χ0v) is 29.4. The summed E-state index contributed by atoms with van der Waals surface area (Å²) in [5, 5.41) is 10.7. The summed E-state index contributed by atoms with van der Waals surface area (Å²) in [6, 6.07) is 8.41. The quantitative estimate of drug-likeness (QED) is 0.161. The molecule has 6 unspecified atom stereocenters. The number of imide groups is 2. The van der Waals surface area contributed by atoms with Crippen molar-refractivity contribution >= 4 is 116 Å². The summed E-state index contributed by atoms with van der Waals surface area (Å²) in [6.45, 7) is 0. The summed E-state index contributed by atoms with van der Waals surface area (Å²) in [4.78, 5) is 53.8. The van der Waals surface area contributed by atoms with E-state index in [-0.39, 0.29) is 40.2 Å². The van der Waals surface area contributed by atoms with Crippen molar-refractivity contribution in [3.63, 3.8) is 0 Å². The number of fused-ring (bicyclic) bond motifs is 4. The molecular formula is C28H20Br4Cl2N2O6. The summed E-state index contributed by atoms with van der Waals surface area (Å²) in [5.74, 6) is -5.42. The topological polar surface area (TPSA) is 104 Å². The van der Waals surface area contributed by atoms with Gasteiger partial charge in [-0.05, 0) is 86.5 Å². The molecule has 1 N–H and O–H groups in total. The average molecular weight is 871 g/mol. The Hall–Kier alpha value is -1.44. The van der Waals surface area contributed by atoms with Crippen LogP contribution in [0.1, 0.15) is 24.3 Å². The monoisotopic (exact) mass is 866 g/mol. The van der Waals surface area contributed by atoms with Crippen LogP contribution in [0.15, 0.2) is 55.4 Å². The van der Waals surface area contributed by atoms with Crippen molar-refractivity contribution < 1.29 is 29.0 Å². The van der Waals surface area contributed by atoms with Gasteiger partial charge < -0.3 is 9.84 Å². The number of alkyl halides is 3. The molecule has 2 aliphatic carbocycles. The first-order valence-corrected chi connectivity index (χ1v) is 17.0. The Morgan fingerprint density at radius 1 is 1.00 bits per heavy atom. The van der Waals surface area contributed by atoms with Crippen LogP contribution in [0.2, 0.25) is 0 Å². The molecule has 2 saturated heterocycles. The van der Waals surface area contributed by atoms with Crippen LogP contribution in [-0.2, 0) is 19.2 Å². The first-order valence-electron chi connectivity index (χ1n) is 12.7. The third-order valence-electron chi connectivity index (χ3n) is 8.80. The van der Waals surface area contributed by atoms with Gasteiger partial charge >= 0.3 is 0 Å². The number of carbonyl (C=O) groups is 4. The number of rotatable bonds is 4. The van der Waals surface area contributed by atoms with Gasteiger partial charge in [-0.3, -0.25) is 29.0 Å². The predicted octanol–water partition coefficient (Wildman–Crippen LogP) is 6.60. The smallest absolute Gasteiger partial charge is 0.254 e. The Morgan fingerprint density at radius 3 is 2.29 bits per heavy atom. The number of likely N-dealkylation sites (tertiary alicyclic amines) is 1. The molecule has 0 radical (unpaired) electrons. The molecule has 6 atom stereocenters. The standard InChI is InChI=1S/C28H20Br4Cl2N2O6/c1-42-17-8-15(20(31)21(32)22(17)37)19-13-6-7-14-18(24(39)36(23(14)38)12-4-2-11(30)3-5-12)16(13)9-27(33)25(40)35(10-29)26(41)28(19,27)34/h2-6,8,14,16,18-19,37H,7,9-10H2,1H3. The molecule has 220 valence electrons. The van der Waals surface area contributed by atoms with E-state index in [1.54, 1.807) is 24.3 Å². The molecule has 2 aliphatic heterocycles. The maximum Gasteiger partial charge on any atom is 0.254 e. The lowest BCUT2D eigenvalue weighted by molar-refractivity contribution is -0.138. The number of aromatic hydroxyl groups is 1. The minimum absolute atomic E-state index is 0.0968. The normalized spacial score (nSPS) is 32.1. The molecule has 4 aliphatic rings. The minimum atomic E-state index is -1.99. The van der Waals surface area contributed by atoms with Crippen LogP contribution in [0.25, 0.3) is 0 Å². The van der Waals surface area contributed by atoms with Gasteiger partial charge in [0, 0.05) is 14.9 Å². The highest BCUT2D eigenvalue weighted by Gasteiger charge is 2.76. The van der Waals surface area contributed by atoms with E-state index in [1.165, 1.54) is 18.1 Å². The molecule has 0 aromatic heterocycles. The molecule has 2 aromatic carbocycles. The lowest BCUT2D eigenvalue weighted by atomic mass is 9.56. The molecule has 14 heteroatoms. The van der Waals surface area contributed by atoms with Crippen LogP contribution in [0.5, 0.6) is 11.5 Å². The minimum Gasteiger partial charge on any atom is -0.503 e. The van der Waals surface area contributed by atoms with E-state index in [4.69, 9.17) is 27.9 Å². The second-order valence-electron chi connectivity index (χ2n) is 10.6. The van der Waals surface area contributed by atoms with E-state index >= 15 is 0 Å². The summed E-state index contributed by atoms with van der Waals surface area (Å²) in [6.07, 6.45) is 1.95. The highest BCUT2D eigenvalue weighted by Crippen LogP contribution is 2.66. The van der Waals surface area contributed by atoms with Crippen LogP contribution in [0.4, 0.5) is 5.69 Å². The Bertz CT molecular complexity index is 1620. The molecule has 8 nitrogen and oxygen atoms in total. The number of halogens is 6. The van der Waals surface area contributed by atoms with Crippen molar-refractivity contribution in [2.24, 2.45) is 17.8 Å². The molecule has 0 bridgehead atoms. The zero-order chi connectivity index (χ0) is 30.5. The Labute approximate surface area is 284 Å². The zero-order valence-electron chi connectivity index (χ0n) is 21.5. The second kappa shape index (κ2) is 10.6. The number of allylic oxidation sites excluding steroid dienone is 2. The van der Waals surface area contributed by atoms with E-state index in [0.29, 0.717) is 21.3 Å². The molecule has 1 saturated carbocycles. The van der Waals surface area contributed by atoms with Gasteiger partial charge in [-0.15, -0.1) is 23.2 Å². The number of phenols is 1. The van der Waals surface area contributed by atoms with E-state index in [2.05, 4.69) is 63.7 Å². The molecule has 3 fully saturated rings. The van der Waals surface area contributed by atoms with Crippen molar-refractivity contribution in [3.8, 4) is 11.5 Å². The third kappa shape index (κ3) is 3.94. The first kappa shape index (κ1) is 30.6. The lowest BCUT2D eigenvalue weighted by Gasteiger charge is -2.51. The van der Waals surface area contributed by atoms with Gasteiger partial charge in [0.25, 0.3) is 11.8 Å². The fraction of sp³-hybridized carbons (Fsp3) is 0.357. The number of anilines is 1. The molecule has 2 aromatic rings. The fourth-order valence-electron chi connectivity index (χ4n) is 6.92. The fourth-order valence-corrected chi connectivity index (χ4v) is 9.56. The van der Waals surface area contributed by atoms with Crippen LogP contribution < -0.4 is 9.64 Å². The number of methoxy groups -OCH3 is 1. The maximum absolute atomic E-state index is 14.1. The van der Waals surface area contributed by atoms with Gasteiger partial charge in [0.15, 0.2) is 21.2 Å². The molecule has 4 amide bonds. The highest BCUT2D eigenvalue weighted by atomic mass is 79.9. The Kier molecular flexibility index (Phi) is 7.70. The molecule has 42 heavy (non-hydrogen) atoms. The Balaban J connectivity index is 1.56. The van der Waals surface area contributed by atoms with Crippen molar-refractivity contribution in [1.29, 1.82) is 0 Å². The number of phenolic OH excluding ortho intramolecular Hbond substituents is 1. The van der Waals surface area contributed by atoms with Gasteiger partial charge in [-0.2, -0.15) is 0 Å². The predicted molar refractivity (Wildman–Crippen MR) is 170 cm³/mol. The van der Waals surface area contributed by atoms with Crippen molar-refractivity contribution in [3.05, 3.63) is 61.0 Å². The summed E-state index contributed by atoms with van der Waals surface area (Å²) >= 11 is 28.1. The largest absolute Gasteiger partial charge is 0.503 e. The van der Waals surface area contributed by atoms with Gasteiger partial charge in [0.05, 0.1) is 34.6 Å². The number of amides is 4. The number of nitrogens with zero attached hydrogens (tertiary/aromatic N) is 2. The molecule has 0 spiro atoms. The second-order valence-corrected chi connectivity index (χ2v) is 14.9. The van der Waals surface area contributed by atoms with Gasteiger partial charge in [0.2, 0.25) is 11.8 Å². The van der Waals surface area contributed by atoms with Crippen molar-refractivity contribution in [2.45, 2.75) is 28.5 Å². The van der Waals surface area contributed by atoms with E-state index < -0.39 is 51.1 Å². The van der Waals surface area contributed by atoms with Crippen molar-refractivity contribution in [2.75, 3.05) is 17.5 Å². The highest BCUT2D eigenvalue weighted by molar-refractivity contribution is 9.13. The lowest BCUT2D eigenvalue weighted by Crippen LogP contribution is -2.60.